The molecule has 0 aromatic carbocycles. The van der Waals surface area contributed by atoms with E-state index in [-0.39, 0.29) is 11.9 Å². The number of allylic oxidation sites excluding steroid dienone is 2. The molecule has 0 N–H and O–H groups in total. The third-order valence-electron chi connectivity index (χ3n) is 6.67. The van der Waals surface area contributed by atoms with Gasteiger partial charge in [-0.3, -0.25) is 9.69 Å². The standard InChI is InChI=1S/C19H31NO2/c1-4-5-13-6-8-14(9-7-13)16-12-15-10-11-17(20(15)2)18(16)19(21)22-3/h4-5,13-18H,6-12H2,1-3H3/b5-4+. The number of methoxy groups -OCH3 is 1. The van der Waals surface area contributed by atoms with Crippen molar-refractivity contribution in [3.63, 3.8) is 0 Å². The quantitative estimate of drug-likeness (QED) is 0.589. The Morgan fingerprint density at radius 3 is 2.50 bits per heavy atom. The minimum atomic E-state index is 0.0396. The topological polar surface area (TPSA) is 29.5 Å². The Bertz CT molecular complexity index is 425. The van der Waals surface area contributed by atoms with Gasteiger partial charge in [0.05, 0.1) is 13.0 Å². The lowest BCUT2D eigenvalue weighted by molar-refractivity contribution is -0.154. The molecule has 0 radical (unpaired) electrons. The molecule has 2 bridgehead atoms. The van der Waals surface area contributed by atoms with Gasteiger partial charge in [0.1, 0.15) is 0 Å². The molecule has 0 aromatic rings. The van der Waals surface area contributed by atoms with Crippen LogP contribution in [0.2, 0.25) is 0 Å². The average molecular weight is 305 g/mol. The van der Waals surface area contributed by atoms with Gasteiger partial charge in [-0.25, -0.2) is 0 Å². The molecule has 1 saturated carbocycles. The minimum Gasteiger partial charge on any atom is -0.469 e. The molecule has 2 heterocycles. The van der Waals surface area contributed by atoms with Crippen molar-refractivity contribution in [3.8, 4) is 0 Å². The molecule has 2 saturated heterocycles. The number of rotatable bonds is 3. The van der Waals surface area contributed by atoms with E-state index in [0.717, 1.165) is 11.8 Å². The van der Waals surface area contributed by atoms with E-state index in [0.29, 0.717) is 18.0 Å². The van der Waals surface area contributed by atoms with Crippen LogP contribution >= 0.6 is 0 Å². The Labute approximate surface area is 135 Å². The molecule has 3 rings (SSSR count). The first-order chi connectivity index (χ1) is 10.7. The number of esters is 1. The summed E-state index contributed by atoms with van der Waals surface area (Å²) in [5.74, 6) is 2.19. The molecule has 0 spiro atoms. The van der Waals surface area contributed by atoms with Crippen LogP contribution in [-0.2, 0) is 9.53 Å². The van der Waals surface area contributed by atoms with Crippen LogP contribution in [0.15, 0.2) is 12.2 Å². The summed E-state index contributed by atoms with van der Waals surface area (Å²) >= 11 is 0. The van der Waals surface area contributed by atoms with Crippen LogP contribution in [0, 0.1) is 23.7 Å². The maximum Gasteiger partial charge on any atom is 0.310 e. The fourth-order valence-corrected chi connectivity index (χ4v) is 5.50. The van der Waals surface area contributed by atoms with E-state index in [4.69, 9.17) is 4.74 Å². The summed E-state index contributed by atoms with van der Waals surface area (Å²) in [5, 5.41) is 0. The Morgan fingerprint density at radius 1 is 1.14 bits per heavy atom. The van der Waals surface area contributed by atoms with Gasteiger partial charge in [0.2, 0.25) is 0 Å². The molecule has 4 unspecified atom stereocenters. The molecule has 0 amide bonds. The first kappa shape index (κ1) is 16.0. The predicted octanol–water partition coefficient (Wildman–Crippen LogP) is 3.64. The third kappa shape index (κ3) is 2.84. The summed E-state index contributed by atoms with van der Waals surface area (Å²) in [4.78, 5) is 14.9. The normalized spacial score (nSPS) is 42.7. The summed E-state index contributed by atoms with van der Waals surface area (Å²) in [6.45, 7) is 2.12. The van der Waals surface area contributed by atoms with Crippen molar-refractivity contribution >= 4 is 5.97 Å². The van der Waals surface area contributed by atoms with Gasteiger partial charge in [-0.15, -0.1) is 0 Å². The van der Waals surface area contributed by atoms with Crippen LogP contribution in [0.1, 0.15) is 51.9 Å². The third-order valence-corrected chi connectivity index (χ3v) is 6.67. The monoisotopic (exact) mass is 305 g/mol. The Morgan fingerprint density at radius 2 is 1.86 bits per heavy atom. The molecular formula is C19H31NO2. The molecule has 3 nitrogen and oxygen atoms in total. The van der Waals surface area contributed by atoms with Gasteiger partial charge in [-0.05, 0) is 76.7 Å². The van der Waals surface area contributed by atoms with Gasteiger partial charge in [0, 0.05) is 12.1 Å². The van der Waals surface area contributed by atoms with Crippen LogP contribution in [0.4, 0.5) is 0 Å². The number of ether oxygens (including phenoxy) is 1. The van der Waals surface area contributed by atoms with E-state index in [2.05, 4.69) is 31.0 Å². The predicted molar refractivity (Wildman–Crippen MR) is 88.4 cm³/mol. The lowest BCUT2D eigenvalue weighted by Gasteiger charge is -2.46. The van der Waals surface area contributed by atoms with Crippen LogP contribution in [0.3, 0.4) is 0 Å². The number of carbonyl (C=O) groups excluding carboxylic acids is 1. The van der Waals surface area contributed by atoms with Crippen molar-refractivity contribution in [3.05, 3.63) is 12.2 Å². The van der Waals surface area contributed by atoms with E-state index in [1.165, 1.54) is 44.9 Å². The van der Waals surface area contributed by atoms with Crippen LogP contribution in [0.25, 0.3) is 0 Å². The number of hydrogen-bond donors (Lipinski definition) is 0. The molecule has 0 aromatic heterocycles. The second kappa shape index (κ2) is 6.74. The van der Waals surface area contributed by atoms with Gasteiger partial charge in [-0.2, -0.15) is 0 Å². The molecule has 22 heavy (non-hydrogen) atoms. The van der Waals surface area contributed by atoms with E-state index in [1.807, 2.05) is 0 Å². The Hall–Kier alpha value is -0.830. The first-order valence-electron chi connectivity index (χ1n) is 9.08. The largest absolute Gasteiger partial charge is 0.469 e. The van der Waals surface area contributed by atoms with Crippen molar-refractivity contribution in [2.75, 3.05) is 14.2 Å². The maximum atomic E-state index is 12.5. The van der Waals surface area contributed by atoms with Gasteiger partial charge in [0.25, 0.3) is 0 Å². The molecule has 2 aliphatic heterocycles. The van der Waals surface area contributed by atoms with Gasteiger partial charge in [0.15, 0.2) is 0 Å². The van der Waals surface area contributed by atoms with Crippen LogP contribution in [0.5, 0.6) is 0 Å². The first-order valence-corrected chi connectivity index (χ1v) is 9.08. The minimum absolute atomic E-state index is 0.0396. The lowest BCUT2D eigenvalue weighted by Crippen LogP contribution is -2.52. The lowest BCUT2D eigenvalue weighted by atomic mass is 9.67. The molecule has 3 aliphatic rings. The molecule has 4 atom stereocenters. The fraction of sp³-hybridized carbons (Fsp3) is 0.842. The molecular weight excluding hydrogens is 274 g/mol. The van der Waals surface area contributed by atoms with Crippen LogP contribution < -0.4 is 0 Å². The van der Waals surface area contributed by atoms with E-state index >= 15 is 0 Å². The SMILES string of the molecule is C/C=C/C1CCC(C2CC3CCC(C2C(=O)OC)N3C)CC1. The molecule has 3 heteroatoms. The zero-order valence-electron chi connectivity index (χ0n) is 14.3. The van der Waals surface area contributed by atoms with Crippen molar-refractivity contribution < 1.29 is 9.53 Å². The summed E-state index contributed by atoms with van der Waals surface area (Å²) in [5.41, 5.74) is 0. The Kier molecular flexibility index (Phi) is 4.91. The second-order valence-corrected chi connectivity index (χ2v) is 7.61. The molecule has 1 aliphatic carbocycles. The van der Waals surface area contributed by atoms with Crippen molar-refractivity contribution in [1.82, 2.24) is 4.90 Å². The second-order valence-electron chi connectivity index (χ2n) is 7.61. The van der Waals surface area contributed by atoms with E-state index in [9.17, 15) is 4.79 Å². The van der Waals surface area contributed by atoms with Gasteiger partial charge in [-0.1, -0.05) is 12.2 Å². The summed E-state index contributed by atoms with van der Waals surface area (Å²) < 4.78 is 5.19. The average Bonchev–Trinajstić information content (AvgIpc) is 2.77. The molecule has 124 valence electrons. The highest BCUT2D eigenvalue weighted by Gasteiger charge is 2.51. The number of hydrogen-bond acceptors (Lipinski definition) is 3. The van der Waals surface area contributed by atoms with Gasteiger partial charge < -0.3 is 4.74 Å². The summed E-state index contributed by atoms with van der Waals surface area (Å²) in [6, 6.07) is 1.12. The number of nitrogens with zero attached hydrogens (tertiary/aromatic N) is 1. The zero-order chi connectivity index (χ0) is 15.7. The van der Waals surface area contributed by atoms with E-state index < -0.39 is 0 Å². The van der Waals surface area contributed by atoms with Crippen molar-refractivity contribution in [2.24, 2.45) is 23.7 Å². The van der Waals surface area contributed by atoms with Crippen molar-refractivity contribution in [1.29, 1.82) is 0 Å². The van der Waals surface area contributed by atoms with Crippen molar-refractivity contribution in [2.45, 2.75) is 64.0 Å². The van der Waals surface area contributed by atoms with Crippen LogP contribution in [-0.4, -0.2) is 37.1 Å². The summed E-state index contributed by atoms with van der Waals surface area (Å²) in [7, 11) is 3.76. The highest BCUT2D eigenvalue weighted by Crippen LogP contribution is 2.48. The fourth-order valence-electron chi connectivity index (χ4n) is 5.50. The van der Waals surface area contributed by atoms with E-state index in [1.54, 1.807) is 7.11 Å². The number of piperidine rings is 1. The maximum absolute atomic E-state index is 12.5. The molecule has 3 fully saturated rings. The number of carbonyl (C=O) groups is 1. The highest BCUT2D eigenvalue weighted by molar-refractivity contribution is 5.74. The highest BCUT2D eigenvalue weighted by atomic mass is 16.5. The van der Waals surface area contributed by atoms with Gasteiger partial charge >= 0.3 is 5.97 Å². The zero-order valence-corrected chi connectivity index (χ0v) is 14.3. The Balaban J connectivity index is 1.73. The number of fused-ring (bicyclic) bond motifs is 2. The summed E-state index contributed by atoms with van der Waals surface area (Å²) in [6.07, 6.45) is 13.4. The smallest absolute Gasteiger partial charge is 0.310 e.